The van der Waals surface area contributed by atoms with E-state index < -0.39 is 5.97 Å². The maximum Gasteiger partial charge on any atom is 0.328 e. The van der Waals surface area contributed by atoms with Gasteiger partial charge in [0.25, 0.3) is 0 Å². The van der Waals surface area contributed by atoms with Crippen LogP contribution in [0.4, 0.5) is 5.82 Å². The van der Waals surface area contributed by atoms with Crippen molar-refractivity contribution in [2.24, 2.45) is 0 Å². The van der Waals surface area contributed by atoms with Gasteiger partial charge in [-0.25, -0.2) is 9.78 Å². The van der Waals surface area contributed by atoms with E-state index in [4.69, 9.17) is 14.6 Å². The van der Waals surface area contributed by atoms with E-state index in [1.54, 1.807) is 20.4 Å². The summed E-state index contributed by atoms with van der Waals surface area (Å²) in [4.78, 5) is 16.8. The molecule has 1 aromatic rings. The van der Waals surface area contributed by atoms with Crippen LogP contribution in [-0.2, 0) is 14.3 Å². The first-order valence-electron chi connectivity index (χ1n) is 6.27. The predicted molar refractivity (Wildman–Crippen MR) is 76.9 cm³/mol. The monoisotopic (exact) mass is 280 g/mol. The third kappa shape index (κ3) is 5.81. The topological polar surface area (TPSA) is 71.9 Å². The van der Waals surface area contributed by atoms with Crippen LogP contribution < -0.4 is 4.90 Å². The van der Waals surface area contributed by atoms with Crippen molar-refractivity contribution in [3.63, 3.8) is 0 Å². The lowest BCUT2D eigenvalue weighted by Gasteiger charge is -2.23. The second-order valence-electron chi connectivity index (χ2n) is 4.09. The fourth-order valence-electron chi connectivity index (χ4n) is 1.59. The Morgan fingerprint density at radius 1 is 1.30 bits per heavy atom. The number of anilines is 1. The number of carboxylic acid groups (broad SMARTS) is 1. The van der Waals surface area contributed by atoms with Crippen molar-refractivity contribution in [2.75, 3.05) is 45.4 Å². The molecule has 0 aromatic carbocycles. The van der Waals surface area contributed by atoms with Crippen molar-refractivity contribution >= 4 is 17.9 Å². The third-order valence-corrected chi connectivity index (χ3v) is 2.64. The van der Waals surface area contributed by atoms with E-state index in [2.05, 4.69) is 9.88 Å². The van der Waals surface area contributed by atoms with Crippen molar-refractivity contribution in [3.05, 3.63) is 30.0 Å². The molecular weight excluding hydrogens is 260 g/mol. The van der Waals surface area contributed by atoms with Crippen LogP contribution in [0.3, 0.4) is 0 Å². The largest absolute Gasteiger partial charge is 0.478 e. The molecule has 0 aliphatic carbocycles. The molecule has 0 fully saturated rings. The van der Waals surface area contributed by atoms with Crippen molar-refractivity contribution in [1.82, 2.24) is 4.98 Å². The number of hydrogen-bond donors (Lipinski definition) is 1. The minimum atomic E-state index is -0.976. The highest BCUT2D eigenvalue weighted by Crippen LogP contribution is 2.12. The molecule has 6 heteroatoms. The van der Waals surface area contributed by atoms with Crippen molar-refractivity contribution in [1.29, 1.82) is 0 Å². The van der Waals surface area contributed by atoms with Crippen LogP contribution in [0.15, 0.2) is 24.4 Å². The molecule has 110 valence electrons. The predicted octanol–water partition coefficient (Wildman–Crippen LogP) is 1.28. The minimum Gasteiger partial charge on any atom is -0.478 e. The number of aromatic nitrogens is 1. The van der Waals surface area contributed by atoms with E-state index in [0.29, 0.717) is 13.2 Å². The molecule has 6 nitrogen and oxygen atoms in total. The Kier molecular flexibility index (Phi) is 7.31. The fourth-order valence-corrected chi connectivity index (χ4v) is 1.59. The Bertz CT molecular complexity index is 423. The van der Waals surface area contributed by atoms with Gasteiger partial charge < -0.3 is 19.5 Å². The summed E-state index contributed by atoms with van der Waals surface area (Å²) in [5.41, 5.74) is 0.745. The van der Waals surface area contributed by atoms with Crippen molar-refractivity contribution in [2.45, 2.75) is 0 Å². The van der Waals surface area contributed by atoms with Crippen LogP contribution in [-0.4, -0.2) is 56.6 Å². The number of rotatable bonds is 9. The smallest absolute Gasteiger partial charge is 0.328 e. The molecule has 1 N–H and O–H groups in total. The first kappa shape index (κ1) is 16.1. The van der Waals surface area contributed by atoms with Gasteiger partial charge in [0.15, 0.2) is 0 Å². The van der Waals surface area contributed by atoms with E-state index in [9.17, 15) is 4.79 Å². The highest BCUT2D eigenvalue weighted by atomic mass is 16.5. The standard InChI is InChI=1S/C14H20N2O4/c1-19-9-7-16(8-10-20-2)13-5-3-12(11-15-13)4-6-14(17)18/h3-6,11H,7-10H2,1-2H3,(H,17,18)/b6-4+. The second kappa shape index (κ2) is 9.06. The summed E-state index contributed by atoms with van der Waals surface area (Å²) in [7, 11) is 3.31. The molecule has 1 rings (SSSR count). The molecular formula is C14H20N2O4. The van der Waals surface area contributed by atoms with Gasteiger partial charge in [-0.2, -0.15) is 0 Å². The van der Waals surface area contributed by atoms with E-state index >= 15 is 0 Å². The van der Waals surface area contributed by atoms with Gasteiger partial charge in [-0.15, -0.1) is 0 Å². The molecule has 0 aliphatic heterocycles. The fraction of sp³-hybridized carbons (Fsp3) is 0.429. The lowest BCUT2D eigenvalue weighted by Crippen LogP contribution is -2.31. The van der Waals surface area contributed by atoms with Gasteiger partial charge in [-0.3, -0.25) is 0 Å². The SMILES string of the molecule is COCCN(CCOC)c1ccc(/C=C/C(=O)O)cn1. The summed E-state index contributed by atoms with van der Waals surface area (Å²) >= 11 is 0. The summed E-state index contributed by atoms with van der Waals surface area (Å²) in [6, 6.07) is 3.68. The Morgan fingerprint density at radius 3 is 2.40 bits per heavy atom. The maximum atomic E-state index is 10.4. The summed E-state index contributed by atoms with van der Waals surface area (Å²) in [6.45, 7) is 2.65. The number of hydrogen-bond acceptors (Lipinski definition) is 5. The van der Waals surface area contributed by atoms with Gasteiger partial charge in [0.1, 0.15) is 5.82 Å². The van der Waals surface area contributed by atoms with E-state index in [-0.39, 0.29) is 0 Å². The number of nitrogens with zero attached hydrogens (tertiary/aromatic N) is 2. The summed E-state index contributed by atoms with van der Waals surface area (Å²) < 4.78 is 10.2. The second-order valence-corrected chi connectivity index (χ2v) is 4.09. The molecule has 0 saturated carbocycles. The number of carboxylic acids is 1. The Morgan fingerprint density at radius 2 is 1.95 bits per heavy atom. The summed E-state index contributed by atoms with van der Waals surface area (Å²) in [5.74, 6) is -0.164. The molecule has 0 atom stereocenters. The van der Waals surface area contributed by atoms with Gasteiger partial charge in [-0.1, -0.05) is 0 Å². The van der Waals surface area contributed by atoms with Gasteiger partial charge in [0, 0.05) is 39.6 Å². The molecule has 0 aliphatic rings. The number of pyridine rings is 1. The molecule has 1 heterocycles. The van der Waals surface area contributed by atoms with Crippen LogP contribution in [0.2, 0.25) is 0 Å². The maximum absolute atomic E-state index is 10.4. The van der Waals surface area contributed by atoms with E-state index in [0.717, 1.165) is 30.5 Å². The van der Waals surface area contributed by atoms with Crippen molar-refractivity contribution < 1.29 is 19.4 Å². The Labute approximate surface area is 118 Å². The van der Waals surface area contributed by atoms with Crippen molar-refractivity contribution in [3.8, 4) is 0 Å². The van der Waals surface area contributed by atoms with Gasteiger partial charge in [0.05, 0.1) is 13.2 Å². The third-order valence-electron chi connectivity index (χ3n) is 2.64. The highest BCUT2D eigenvalue weighted by Gasteiger charge is 2.07. The normalized spacial score (nSPS) is 10.9. The molecule has 0 saturated heterocycles. The summed E-state index contributed by atoms with van der Waals surface area (Å²) in [5, 5.41) is 8.57. The molecule has 0 bridgehead atoms. The van der Waals surface area contributed by atoms with E-state index in [1.165, 1.54) is 6.08 Å². The van der Waals surface area contributed by atoms with Gasteiger partial charge in [-0.05, 0) is 23.8 Å². The van der Waals surface area contributed by atoms with Crippen LogP contribution in [0.5, 0.6) is 0 Å². The van der Waals surface area contributed by atoms with E-state index in [1.807, 2.05) is 12.1 Å². The molecule has 0 amide bonds. The number of aliphatic carboxylic acids is 1. The number of methoxy groups -OCH3 is 2. The zero-order chi connectivity index (χ0) is 14.8. The lowest BCUT2D eigenvalue weighted by atomic mass is 10.2. The average Bonchev–Trinajstić information content (AvgIpc) is 2.46. The first-order valence-corrected chi connectivity index (χ1v) is 6.27. The minimum absolute atomic E-state index is 0.603. The van der Waals surface area contributed by atoms with Gasteiger partial charge in [0.2, 0.25) is 0 Å². The quantitative estimate of drug-likeness (QED) is 0.687. The summed E-state index contributed by atoms with van der Waals surface area (Å²) in [6.07, 6.45) is 4.24. The zero-order valence-corrected chi connectivity index (χ0v) is 11.8. The molecule has 0 unspecified atom stereocenters. The lowest BCUT2D eigenvalue weighted by molar-refractivity contribution is -0.131. The number of ether oxygens (including phenoxy) is 2. The molecule has 0 radical (unpaired) electrons. The first-order chi connectivity index (χ1) is 9.67. The van der Waals surface area contributed by atoms with Crippen LogP contribution in [0, 0.1) is 0 Å². The van der Waals surface area contributed by atoms with Crippen LogP contribution >= 0.6 is 0 Å². The Balaban J connectivity index is 2.72. The Hall–Kier alpha value is -1.92. The highest BCUT2D eigenvalue weighted by molar-refractivity contribution is 5.85. The zero-order valence-electron chi connectivity index (χ0n) is 11.8. The average molecular weight is 280 g/mol. The molecule has 20 heavy (non-hydrogen) atoms. The molecule has 1 aromatic heterocycles. The van der Waals surface area contributed by atoms with Crippen LogP contribution in [0.1, 0.15) is 5.56 Å². The van der Waals surface area contributed by atoms with Crippen LogP contribution in [0.25, 0.3) is 6.08 Å². The van der Waals surface area contributed by atoms with Gasteiger partial charge >= 0.3 is 5.97 Å². The molecule has 0 spiro atoms. The number of carbonyl (C=O) groups is 1.